The minimum absolute atomic E-state index is 0.0875. The highest BCUT2D eigenvalue weighted by atomic mass is 16.1. The molecular formula is C29H23N3O. The van der Waals surface area contributed by atoms with E-state index in [-0.39, 0.29) is 12.3 Å². The van der Waals surface area contributed by atoms with E-state index in [2.05, 4.69) is 65.1 Å². The molecular weight excluding hydrogens is 406 g/mol. The molecule has 4 aromatic carbocycles. The van der Waals surface area contributed by atoms with Crippen LogP contribution in [0.1, 0.15) is 21.7 Å². The average Bonchev–Trinajstić information content (AvgIpc) is 3.40. The van der Waals surface area contributed by atoms with Gasteiger partial charge in [0.05, 0.1) is 6.54 Å². The molecule has 2 heterocycles. The van der Waals surface area contributed by atoms with Gasteiger partial charge in [-0.15, -0.1) is 0 Å². The Morgan fingerprint density at radius 1 is 0.818 bits per heavy atom. The lowest BCUT2D eigenvalue weighted by atomic mass is 10.0. The molecule has 0 spiro atoms. The van der Waals surface area contributed by atoms with Crippen LogP contribution in [-0.2, 0) is 20.0 Å². The maximum atomic E-state index is 13.0. The number of ketones is 1. The lowest BCUT2D eigenvalue weighted by molar-refractivity contribution is 0.0971. The van der Waals surface area contributed by atoms with E-state index < -0.39 is 0 Å². The van der Waals surface area contributed by atoms with E-state index in [9.17, 15) is 4.79 Å². The molecule has 0 saturated heterocycles. The molecule has 0 N–H and O–H groups in total. The zero-order chi connectivity index (χ0) is 22.4. The number of carbonyl (C=O) groups excluding carboxylic acids is 1. The molecule has 0 bridgehead atoms. The third kappa shape index (κ3) is 3.40. The number of hydrogen-bond donors (Lipinski definition) is 0. The summed E-state index contributed by atoms with van der Waals surface area (Å²) in [7, 11) is 2.11. The van der Waals surface area contributed by atoms with Gasteiger partial charge in [-0.2, -0.15) is 0 Å². The predicted molar refractivity (Wildman–Crippen MR) is 134 cm³/mol. The fourth-order valence-corrected chi connectivity index (χ4v) is 4.77. The number of aromatic nitrogens is 3. The van der Waals surface area contributed by atoms with E-state index in [1.165, 1.54) is 27.4 Å². The van der Waals surface area contributed by atoms with Gasteiger partial charge in [0.1, 0.15) is 5.82 Å². The Balaban J connectivity index is 1.29. The maximum Gasteiger partial charge on any atom is 0.182 e. The molecule has 0 aliphatic carbocycles. The van der Waals surface area contributed by atoms with Crippen molar-refractivity contribution in [2.24, 2.45) is 7.05 Å². The van der Waals surface area contributed by atoms with E-state index >= 15 is 0 Å². The van der Waals surface area contributed by atoms with Crippen molar-refractivity contribution >= 4 is 38.4 Å². The van der Waals surface area contributed by atoms with Crippen molar-refractivity contribution in [2.75, 3.05) is 0 Å². The first kappa shape index (κ1) is 19.5. The van der Waals surface area contributed by atoms with Crippen LogP contribution >= 0.6 is 0 Å². The Bertz CT molecular complexity index is 1650. The highest BCUT2D eigenvalue weighted by Crippen LogP contribution is 2.29. The first-order valence-electron chi connectivity index (χ1n) is 11.2. The molecule has 2 aromatic heterocycles. The van der Waals surface area contributed by atoms with Crippen molar-refractivity contribution in [3.8, 4) is 0 Å². The number of Topliss-reactive ketones (excluding diaryl/α,β-unsaturated/α-hetero) is 1. The molecule has 6 rings (SSSR count). The lowest BCUT2D eigenvalue weighted by Gasteiger charge is -2.09. The highest BCUT2D eigenvalue weighted by molar-refractivity contribution is 6.08. The van der Waals surface area contributed by atoms with E-state index in [1.807, 2.05) is 47.2 Å². The minimum atomic E-state index is 0.0875. The summed E-state index contributed by atoms with van der Waals surface area (Å²) in [5, 5.41) is 4.72. The van der Waals surface area contributed by atoms with Crippen molar-refractivity contribution in [2.45, 2.75) is 13.0 Å². The van der Waals surface area contributed by atoms with E-state index in [4.69, 9.17) is 0 Å². The third-order valence-corrected chi connectivity index (χ3v) is 6.53. The number of para-hydroxylation sites is 1. The van der Waals surface area contributed by atoms with Gasteiger partial charge < -0.3 is 9.13 Å². The van der Waals surface area contributed by atoms with Gasteiger partial charge >= 0.3 is 0 Å². The summed E-state index contributed by atoms with van der Waals surface area (Å²) in [5.41, 5.74) is 4.36. The van der Waals surface area contributed by atoms with Crippen LogP contribution in [0.15, 0.2) is 97.3 Å². The molecule has 0 aliphatic rings. The second-order valence-corrected chi connectivity index (χ2v) is 8.56. The van der Waals surface area contributed by atoms with Crippen molar-refractivity contribution in [3.63, 3.8) is 0 Å². The third-order valence-electron chi connectivity index (χ3n) is 6.53. The summed E-state index contributed by atoms with van der Waals surface area (Å²) in [6, 6.07) is 29.1. The maximum absolute atomic E-state index is 13.0. The van der Waals surface area contributed by atoms with Crippen LogP contribution in [0.4, 0.5) is 0 Å². The molecule has 6 aromatic rings. The summed E-state index contributed by atoms with van der Waals surface area (Å²) in [4.78, 5) is 17.6. The molecule has 0 unspecified atom stereocenters. The van der Waals surface area contributed by atoms with Gasteiger partial charge in [0.25, 0.3) is 0 Å². The Hall–Kier alpha value is -4.18. The number of carbonyl (C=O) groups is 1. The molecule has 0 radical (unpaired) electrons. The van der Waals surface area contributed by atoms with Crippen molar-refractivity contribution in [3.05, 3.63) is 114 Å². The van der Waals surface area contributed by atoms with Crippen LogP contribution in [0.25, 0.3) is 32.6 Å². The molecule has 0 atom stereocenters. The van der Waals surface area contributed by atoms with E-state index in [0.717, 1.165) is 22.2 Å². The molecule has 0 amide bonds. The first-order valence-corrected chi connectivity index (χ1v) is 11.2. The standard InChI is InChI=1S/C29H23N3O/c1-31-26-9-5-4-8-24(26)25-16-20(10-13-27(25)31)17-29-30-14-15-32(29)19-28(33)23-12-11-21-6-2-3-7-22(21)18-23/h2-16,18H,17,19H2,1H3. The van der Waals surface area contributed by atoms with Crippen LogP contribution in [0, 0.1) is 0 Å². The number of nitrogens with zero attached hydrogens (tertiary/aromatic N) is 3. The summed E-state index contributed by atoms with van der Waals surface area (Å²) in [6.07, 6.45) is 4.35. The summed E-state index contributed by atoms with van der Waals surface area (Å²) < 4.78 is 4.20. The van der Waals surface area contributed by atoms with Gasteiger partial charge in [-0.25, -0.2) is 4.98 Å². The molecule has 0 fully saturated rings. The second kappa shape index (κ2) is 7.75. The van der Waals surface area contributed by atoms with Crippen LogP contribution < -0.4 is 0 Å². The van der Waals surface area contributed by atoms with Gasteiger partial charge in [0.2, 0.25) is 0 Å². The number of rotatable bonds is 5. The molecule has 160 valence electrons. The number of aryl methyl sites for hydroxylation is 1. The zero-order valence-electron chi connectivity index (χ0n) is 18.4. The van der Waals surface area contributed by atoms with Gasteiger partial charge in [-0.05, 0) is 40.6 Å². The van der Waals surface area contributed by atoms with Crippen molar-refractivity contribution < 1.29 is 4.79 Å². The second-order valence-electron chi connectivity index (χ2n) is 8.56. The Morgan fingerprint density at radius 3 is 2.52 bits per heavy atom. The Kier molecular flexibility index (Phi) is 4.58. The number of benzene rings is 4. The molecule has 33 heavy (non-hydrogen) atoms. The lowest BCUT2D eigenvalue weighted by Crippen LogP contribution is -2.13. The van der Waals surface area contributed by atoms with Crippen LogP contribution in [-0.4, -0.2) is 19.9 Å². The van der Waals surface area contributed by atoms with Gasteiger partial charge in [-0.1, -0.05) is 60.7 Å². The largest absolute Gasteiger partial charge is 0.344 e. The van der Waals surface area contributed by atoms with Crippen molar-refractivity contribution in [1.82, 2.24) is 14.1 Å². The summed E-state index contributed by atoms with van der Waals surface area (Å²) >= 11 is 0. The normalized spacial score (nSPS) is 11.5. The summed E-state index contributed by atoms with van der Waals surface area (Å²) in [6.45, 7) is 0.282. The molecule has 4 heteroatoms. The fraction of sp³-hybridized carbons (Fsp3) is 0.103. The predicted octanol–water partition coefficient (Wildman–Crippen LogP) is 6.15. The monoisotopic (exact) mass is 429 g/mol. The molecule has 4 nitrogen and oxygen atoms in total. The smallest absolute Gasteiger partial charge is 0.182 e. The summed E-state index contributed by atoms with van der Waals surface area (Å²) in [5.74, 6) is 0.980. The fourth-order valence-electron chi connectivity index (χ4n) is 4.77. The molecule has 0 aliphatic heterocycles. The van der Waals surface area contributed by atoms with Crippen LogP contribution in [0.3, 0.4) is 0 Å². The molecule has 0 saturated carbocycles. The van der Waals surface area contributed by atoms with Gasteiger partial charge in [0, 0.05) is 53.2 Å². The topological polar surface area (TPSA) is 39.8 Å². The van der Waals surface area contributed by atoms with Crippen LogP contribution in [0.5, 0.6) is 0 Å². The van der Waals surface area contributed by atoms with Crippen LogP contribution in [0.2, 0.25) is 0 Å². The SMILES string of the molecule is Cn1c2ccccc2c2cc(Cc3nccn3CC(=O)c3ccc4ccccc4c3)ccc21. The van der Waals surface area contributed by atoms with Crippen molar-refractivity contribution in [1.29, 1.82) is 0 Å². The van der Waals surface area contributed by atoms with E-state index in [1.54, 1.807) is 6.20 Å². The van der Waals surface area contributed by atoms with E-state index in [0.29, 0.717) is 6.42 Å². The average molecular weight is 430 g/mol. The number of imidazole rings is 1. The number of fused-ring (bicyclic) bond motifs is 4. The quantitative estimate of drug-likeness (QED) is 0.308. The Morgan fingerprint density at radius 2 is 1.61 bits per heavy atom. The number of hydrogen-bond acceptors (Lipinski definition) is 2. The first-order chi connectivity index (χ1) is 16.2. The van der Waals surface area contributed by atoms with Gasteiger partial charge in [-0.3, -0.25) is 4.79 Å². The Labute approximate surface area is 191 Å². The highest BCUT2D eigenvalue weighted by Gasteiger charge is 2.13. The van der Waals surface area contributed by atoms with Gasteiger partial charge in [0.15, 0.2) is 5.78 Å². The zero-order valence-corrected chi connectivity index (χ0v) is 18.4. The minimum Gasteiger partial charge on any atom is -0.344 e.